The third kappa shape index (κ3) is 6.58. The Morgan fingerprint density at radius 2 is 1.56 bits per heavy atom. The molecule has 0 aliphatic heterocycles. The predicted octanol–water partition coefficient (Wildman–Crippen LogP) is 9.46. The first-order valence-corrected chi connectivity index (χ1v) is 15.2. The van der Waals surface area contributed by atoms with Gasteiger partial charge in [-0.15, -0.1) is 0 Å². The van der Waals surface area contributed by atoms with Crippen LogP contribution in [0.15, 0.2) is 0 Å². The monoisotopic (exact) mass is 478 g/mol. The van der Waals surface area contributed by atoms with Gasteiger partial charge < -0.3 is 5.11 Å². The van der Waals surface area contributed by atoms with Crippen LogP contribution in [0, 0.1) is 46.8 Å². The highest BCUT2D eigenvalue weighted by Gasteiger charge is 2.49. The molecular formula is C31H55FO2. The van der Waals surface area contributed by atoms with Crippen molar-refractivity contribution in [3.63, 3.8) is 0 Å². The largest absolute Gasteiger partial charge is 0.481 e. The lowest BCUT2D eigenvalue weighted by Crippen LogP contribution is -2.45. The van der Waals surface area contributed by atoms with Gasteiger partial charge in [0.05, 0.1) is 5.92 Å². The Bertz CT molecular complexity index is 605. The molecule has 3 rings (SSSR count). The Kier molecular flexibility index (Phi) is 10.8. The van der Waals surface area contributed by atoms with Gasteiger partial charge in [-0.25, -0.2) is 4.39 Å². The number of hydrogen-bond acceptors (Lipinski definition) is 1. The second kappa shape index (κ2) is 13.1. The summed E-state index contributed by atoms with van der Waals surface area (Å²) in [4.78, 5) is 11.5. The van der Waals surface area contributed by atoms with E-state index < -0.39 is 18.1 Å². The van der Waals surface area contributed by atoms with E-state index in [0.717, 1.165) is 49.4 Å². The molecule has 5 atom stereocenters. The van der Waals surface area contributed by atoms with Crippen molar-refractivity contribution in [1.82, 2.24) is 0 Å². The van der Waals surface area contributed by atoms with Crippen LogP contribution in [0.1, 0.15) is 137 Å². The molecule has 0 amide bonds. The van der Waals surface area contributed by atoms with Gasteiger partial charge in [0.1, 0.15) is 6.17 Å². The topological polar surface area (TPSA) is 37.3 Å². The smallest absolute Gasteiger partial charge is 0.309 e. The summed E-state index contributed by atoms with van der Waals surface area (Å²) in [7, 11) is 0. The van der Waals surface area contributed by atoms with Crippen molar-refractivity contribution in [2.24, 2.45) is 46.8 Å². The number of carbonyl (C=O) groups is 1. The number of rotatable bonds is 11. The summed E-state index contributed by atoms with van der Waals surface area (Å²) in [5.74, 6) is 3.12. The van der Waals surface area contributed by atoms with Crippen LogP contribution >= 0.6 is 0 Å². The maximum atomic E-state index is 15.1. The molecule has 34 heavy (non-hydrogen) atoms. The van der Waals surface area contributed by atoms with Gasteiger partial charge in [0.2, 0.25) is 0 Å². The van der Waals surface area contributed by atoms with E-state index >= 15 is 4.39 Å². The van der Waals surface area contributed by atoms with E-state index in [1.165, 1.54) is 70.6 Å². The first kappa shape index (κ1) is 28.0. The number of carboxylic acid groups (broad SMARTS) is 1. The van der Waals surface area contributed by atoms with Gasteiger partial charge in [-0.05, 0) is 105 Å². The SMILES string of the molecule is CCCCC1CCC(C2CCC(C(C)C(CC)C3(CCC)CCC(C(=O)O)C(F)C3)CC2)CC1. The summed E-state index contributed by atoms with van der Waals surface area (Å²) in [6.07, 6.45) is 19.6. The Labute approximate surface area is 210 Å². The van der Waals surface area contributed by atoms with Crippen LogP contribution in [0.4, 0.5) is 4.39 Å². The van der Waals surface area contributed by atoms with Crippen molar-refractivity contribution in [1.29, 1.82) is 0 Å². The van der Waals surface area contributed by atoms with E-state index in [1.807, 2.05) is 0 Å². The highest BCUT2D eigenvalue weighted by molar-refractivity contribution is 5.70. The second-order valence-corrected chi connectivity index (χ2v) is 12.8. The van der Waals surface area contributed by atoms with Gasteiger partial charge in [-0.2, -0.15) is 0 Å². The van der Waals surface area contributed by atoms with E-state index in [9.17, 15) is 9.90 Å². The van der Waals surface area contributed by atoms with Crippen LogP contribution in [0.5, 0.6) is 0 Å². The van der Waals surface area contributed by atoms with Gasteiger partial charge in [-0.3, -0.25) is 4.79 Å². The van der Waals surface area contributed by atoms with Crippen LogP contribution in [0.2, 0.25) is 0 Å². The molecule has 0 aromatic rings. The van der Waals surface area contributed by atoms with Crippen molar-refractivity contribution >= 4 is 5.97 Å². The van der Waals surface area contributed by atoms with Gasteiger partial charge in [-0.1, -0.05) is 72.6 Å². The molecule has 1 N–H and O–H groups in total. The molecule has 3 fully saturated rings. The molecule has 3 saturated carbocycles. The van der Waals surface area contributed by atoms with Crippen LogP contribution < -0.4 is 0 Å². The number of hydrogen-bond donors (Lipinski definition) is 1. The van der Waals surface area contributed by atoms with E-state index in [1.54, 1.807) is 0 Å². The van der Waals surface area contributed by atoms with Crippen LogP contribution in [0.25, 0.3) is 0 Å². The van der Waals surface area contributed by atoms with Crippen molar-refractivity contribution in [3.8, 4) is 0 Å². The van der Waals surface area contributed by atoms with Crippen LogP contribution in [0.3, 0.4) is 0 Å². The molecule has 0 spiro atoms. The average Bonchev–Trinajstić information content (AvgIpc) is 2.83. The second-order valence-electron chi connectivity index (χ2n) is 12.8. The number of aliphatic carboxylic acids is 1. The molecule has 2 nitrogen and oxygen atoms in total. The summed E-state index contributed by atoms with van der Waals surface area (Å²) in [6, 6.07) is 0. The first-order chi connectivity index (χ1) is 16.3. The maximum Gasteiger partial charge on any atom is 0.309 e. The number of carboxylic acids is 1. The zero-order chi connectivity index (χ0) is 24.7. The summed E-state index contributed by atoms with van der Waals surface area (Å²) in [5, 5.41) is 9.46. The number of unbranched alkanes of at least 4 members (excludes halogenated alkanes) is 1. The fourth-order valence-corrected chi connectivity index (χ4v) is 9.06. The third-order valence-electron chi connectivity index (χ3n) is 11.0. The summed E-state index contributed by atoms with van der Waals surface area (Å²) < 4.78 is 15.1. The number of halogens is 1. The van der Waals surface area contributed by atoms with Crippen molar-refractivity contribution in [2.45, 2.75) is 143 Å². The molecule has 3 heteroatoms. The van der Waals surface area contributed by atoms with E-state index in [4.69, 9.17) is 0 Å². The fraction of sp³-hybridized carbons (Fsp3) is 0.968. The van der Waals surface area contributed by atoms with E-state index in [2.05, 4.69) is 27.7 Å². The van der Waals surface area contributed by atoms with Crippen LogP contribution in [-0.2, 0) is 4.79 Å². The number of alkyl halides is 1. The lowest BCUT2D eigenvalue weighted by Gasteiger charge is -2.51. The molecular weight excluding hydrogens is 423 g/mol. The van der Waals surface area contributed by atoms with Crippen molar-refractivity contribution in [2.75, 3.05) is 0 Å². The quantitative estimate of drug-likeness (QED) is 0.321. The average molecular weight is 479 g/mol. The third-order valence-corrected chi connectivity index (χ3v) is 11.0. The molecule has 3 aliphatic carbocycles. The Morgan fingerprint density at radius 1 is 0.941 bits per heavy atom. The molecule has 0 radical (unpaired) electrons. The standard InChI is InChI=1S/C31H55FO2/c1-5-8-9-23-10-12-25(13-11-23)26-16-14-24(15-17-26)22(4)28(7-3)31(19-6-2)20-18-27(30(33)34)29(32)21-31/h22-29H,5-21H2,1-4H3,(H,33,34). The minimum absolute atomic E-state index is 0.00199. The summed E-state index contributed by atoms with van der Waals surface area (Å²) in [6.45, 7) is 9.30. The summed E-state index contributed by atoms with van der Waals surface area (Å²) in [5.41, 5.74) is 0.00199. The molecule has 0 bridgehead atoms. The van der Waals surface area contributed by atoms with Crippen LogP contribution in [-0.4, -0.2) is 17.2 Å². The van der Waals surface area contributed by atoms with Gasteiger partial charge >= 0.3 is 5.97 Å². The van der Waals surface area contributed by atoms with E-state index in [0.29, 0.717) is 24.7 Å². The molecule has 5 unspecified atom stereocenters. The molecule has 0 aromatic heterocycles. The molecule has 0 aromatic carbocycles. The van der Waals surface area contributed by atoms with Gasteiger partial charge in [0, 0.05) is 0 Å². The predicted molar refractivity (Wildman–Crippen MR) is 141 cm³/mol. The van der Waals surface area contributed by atoms with E-state index in [-0.39, 0.29) is 5.41 Å². The van der Waals surface area contributed by atoms with Gasteiger partial charge in [0.15, 0.2) is 0 Å². The minimum Gasteiger partial charge on any atom is -0.481 e. The first-order valence-electron chi connectivity index (χ1n) is 15.2. The zero-order valence-electron chi connectivity index (χ0n) is 22.9. The Hall–Kier alpha value is -0.600. The Balaban J connectivity index is 1.56. The normalized spacial score (nSPS) is 38.9. The Morgan fingerprint density at radius 3 is 2.06 bits per heavy atom. The van der Waals surface area contributed by atoms with Crippen molar-refractivity contribution < 1.29 is 14.3 Å². The molecule has 198 valence electrons. The highest BCUT2D eigenvalue weighted by atomic mass is 19.1. The van der Waals surface area contributed by atoms with Crippen molar-refractivity contribution in [3.05, 3.63) is 0 Å². The summed E-state index contributed by atoms with van der Waals surface area (Å²) >= 11 is 0. The minimum atomic E-state index is -1.18. The zero-order valence-corrected chi connectivity index (χ0v) is 22.9. The lowest BCUT2D eigenvalue weighted by atomic mass is 9.55. The maximum absolute atomic E-state index is 15.1. The molecule has 0 saturated heterocycles. The molecule has 0 heterocycles. The highest BCUT2D eigenvalue weighted by Crippen LogP contribution is 2.55. The lowest BCUT2D eigenvalue weighted by molar-refractivity contribution is -0.148. The van der Waals surface area contributed by atoms with Gasteiger partial charge in [0.25, 0.3) is 0 Å². The fourth-order valence-electron chi connectivity index (χ4n) is 9.06. The molecule has 3 aliphatic rings.